The molecule has 6 nitrogen and oxygen atoms in total. The topological polar surface area (TPSA) is 69.6 Å². The summed E-state index contributed by atoms with van der Waals surface area (Å²) in [5.74, 6) is 1.53. The van der Waals surface area contributed by atoms with Gasteiger partial charge in [-0.25, -0.2) is 0 Å². The Morgan fingerprint density at radius 1 is 1.13 bits per heavy atom. The van der Waals surface area contributed by atoms with Gasteiger partial charge < -0.3 is 19.4 Å². The average Bonchev–Trinajstić information content (AvgIpc) is 2.92. The van der Waals surface area contributed by atoms with Gasteiger partial charge in [0.2, 0.25) is 5.91 Å². The number of amides is 1. The molecule has 0 radical (unpaired) electrons. The molecule has 0 saturated carbocycles. The summed E-state index contributed by atoms with van der Waals surface area (Å²) >= 11 is 0. The monoisotopic (exact) mass is 406 g/mol. The molecular weight excluding hydrogens is 380 g/mol. The highest BCUT2D eigenvalue weighted by atomic mass is 16.5. The first-order valence-electron chi connectivity index (χ1n) is 10.3. The molecule has 6 heteroatoms. The Kier molecular flexibility index (Phi) is 5.74. The third kappa shape index (κ3) is 4.03. The Balaban J connectivity index is 1.55. The number of nitrogens with zero attached hydrogens (tertiary/aromatic N) is 1. The van der Waals surface area contributed by atoms with Crippen LogP contribution in [0.1, 0.15) is 42.2 Å². The van der Waals surface area contributed by atoms with Crippen LogP contribution in [0.3, 0.4) is 0 Å². The van der Waals surface area contributed by atoms with E-state index in [1.54, 1.807) is 6.20 Å². The van der Waals surface area contributed by atoms with Crippen LogP contribution in [0.2, 0.25) is 0 Å². The molecule has 3 aromatic rings. The molecule has 0 spiro atoms. The number of carbonyl (C=O) groups is 2. The van der Waals surface area contributed by atoms with Crippen LogP contribution in [0.5, 0.6) is 11.5 Å². The van der Waals surface area contributed by atoms with Gasteiger partial charge in [0.1, 0.15) is 6.54 Å². The molecule has 1 aromatic heterocycles. The first-order chi connectivity index (χ1) is 14.6. The number of ether oxygens (including phenoxy) is 2. The van der Waals surface area contributed by atoms with Gasteiger partial charge in [-0.3, -0.25) is 9.59 Å². The van der Waals surface area contributed by atoms with Crippen LogP contribution >= 0.6 is 0 Å². The minimum atomic E-state index is -0.165. The fourth-order valence-corrected chi connectivity index (χ4v) is 3.88. The molecule has 0 bridgehead atoms. The van der Waals surface area contributed by atoms with E-state index in [0.29, 0.717) is 18.8 Å². The summed E-state index contributed by atoms with van der Waals surface area (Å²) in [6, 6.07) is 13.3. The van der Waals surface area contributed by atoms with Gasteiger partial charge in [0.25, 0.3) is 0 Å². The Morgan fingerprint density at radius 3 is 2.67 bits per heavy atom. The van der Waals surface area contributed by atoms with Crippen LogP contribution in [0, 0.1) is 5.92 Å². The summed E-state index contributed by atoms with van der Waals surface area (Å²) in [7, 11) is 0. The molecule has 2 aromatic carbocycles. The van der Waals surface area contributed by atoms with Crippen LogP contribution in [-0.2, 0) is 11.3 Å². The Bertz CT molecular complexity index is 1070. The largest absolute Gasteiger partial charge is 0.490 e. The molecule has 1 N–H and O–H groups in total. The van der Waals surface area contributed by atoms with Gasteiger partial charge in [0, 0.05) is 29.1 Å². The lowest BCUT2D eigenvalue weighted by molar-refractivity contribution is -0.122. The molecule has 1 atom stereocenters. The van der Waals surface area contributed by atoms with Crippen molar-refractivity contribution in [2.24, 2.45) is 5.92 Å². The summed E-state index contributed by atoms with van der Waals surface area (Å²) in [5, 5.41) is 4.00. The summed E-state index contributed by atoms with van der Waals surface area (Å²) in [4.78, 5) is 24.3. The zero-order valence-corrected chi connectivity index (χ0v) is 17.3. The van der Waals surface area contributed by atoms with Crippen LogP contribution in [0.25, 0.3) is 10.9 Å². The van der Waals surface area contributed by atoms with Gasteiger partial charge in [-0.05, 0) is 29.7 Å². The van der Waals surface area contributed by atoms with Crippen LogP contribution < -0.4 is 14.8 Å². The van der Waals surface area contributed by atoms with E-state index in [1.165, 1.54) is 0 Å². The Morgan fingerprint density at radius 2 is 1.90 bits per heavy atom. The number of hydrogen-bond acceptors (Lipinski definition) is 4. The maximum atomic E-state index is 12.9. The lowest BCUT2D eigenvalue weighted by atomic mass is 9.95. The summed E-state index contributed by atoms with van der Waals surface area (Å²) in [6.45, 7) is 5.55. The van der Waals surface area contributed by atoms with E-state index in [2.05, 4.69) is 19.2 Å². The van der Waals surface area contributed by atoms with E-state index in [9.17, 15) is 9.59 Å². The number of nitrogens with one attached hydrogen (secondary N) is 1. The molecule has 0 fully saturated rings. The number of para-hydroxylation sites is 1. The number of benzene rings is 2. The number of aldehydes is 1. The molecule has 0 unspecified atom stereocenters. The molecular formula is C24H26N2O4. The molecule has 2 heterocycles. The van der Waals surface area contributed by atoms with E-state index in [-0.39, 0.29) is 24.4 Å². The maximum absolute atomic E-state index is 12.9. The lowest BCUT2D eigenvalue weighted by Crippen LogP contribution is -2.34. The van der Waals surface area contributed by atoms with Gasteiger partial charge in [0.05, 0.1) is 19.3 Å². The number of aromatic nitrogens is 1. The van der Waals surface area contributed by atoms with E-state index < -0.39 is 0 Å². The van der Waals surface area contributed by atoms with Crippen molar-refractivity contribution < 1.29 is 19.1 Å². The fraction of sp³-hybridized carbons (Fsp3) is 0.333. The van der Waals surface area contributed by atoms with Gasteiger partial charge in [-0.1, -0.05) is 38.1 Å². The van der Waals surface area contributed by atoms with Crippen molar-refractivity contribution in [3.8, 4) is 11.5 Å². The van der Waals surface area contributed by atoms with Gasteiger partial charge in [0.15, 0.2) is 17.8 Å². The minimum absolute atomic E-state index is 0.112. The van der Waals surface area contributed by atoms with E-state index >= 15 is 0 Å². The predicted octanol–water partition coefficient (Wildman–Crippen LogP) is 4.13. The molecule has 1 aliphatic heterocycles. The molecule has 0 saturated heterocycles. The standard InChI is InChI=1S/C24H26N2O4/c1-16(2)24(17-8-9-21-22(12-17)30-11-5-10-29-21)25-23(28)14-26-13-18(15-27)19-6-3-4-7-20(19)26/h3-4,6-9,12-13,15-16,24H,5,10-11,14H2,1-2H3,(H,25,28)/t24-/m0/s1. The second-order valence-corrected chi connectivity index (χ2v) is 7.89. The molecule has 30 heavy (non-hydrogen) atoms. The number of rotatable bonds is 6. The number of carbonyl (C=O) groups excluding carboxylic acids is 2. The second-order valence-electron chi connectivity index (χ2n) is 7.89. The van der Waals surface area contributed by atoms with Gasteiger partial charge in [-0.15, -0.1) is 0 Å². The maximum Gasteiger partial charge on any atom is 0.240 e. The SMILES string of the molecule is CC(C)[C@H](NC(=O)Cn1cc(C=O)c2ccccc21)c1ccc2c(c1)OCCCO2. The third-order valence-corrected chi connectivity index (χ3v) is 5.37. The van der Waals surface area contributed by atoms with Gasteiger partial charge >= 0.3 is 0 Å². The van der Waals surface area contributed by atoms with E-state index in [0.717, 1.165) is 40.7 Å². The fourth-order valence-electron chi connectivity index (χ4n) is 3.88. The van der Waals surface area contributed by atoms with Crippen LogP contribution in [0.4, 0.5) is 0 Å². The number of fused-ring (bicyclic) bond motifs is 2. The van der Waals surface area contributed by atoms with E-state index in [1.807, 2.05) is 47.0 Å². The van der Waals surface area contributed by atoms with E-state index in [4.69, 9.17) is 9.47 Å². The van der Waals surface area contributed by atoms with Crippen molar-refractivity contribution in [1.29, 1.82) is 0 Å². The van der Waals surface area contributed by atoms with Crippen molar-refractivity contribution in [2.75, 3.05) is 13.2 Å². The second kappa shape index (κ2) is 8.61. The summed E-state index contributed by atoms with van der Waals surface area (Å²) in [6.07, 6.45) is 3.41. The zero-order valence-electron chi connectivity index (χ0n) is 17.3. The molecule has 1 amide bonds. The van der Waals surface area contributed by atoms with Crippen molar-refractivity contribution >= 4 is 23.1 Å². The highest BCUT2D eigenvalue weighted by Crippen LogP contribution is 2.34. The minimum Gasteiger partial charge on any atom is -0.490 e. The van der Waals surface area contributed by atoms with Crippen molar-refractivity contribution in [2.45, 2.75) is 32.9 Å². The van der Waals surface area contributed by atoms with Crippen LogP contribution in [0.15, 0.2) is 48.7 Å². The van der Waals surface area contributed by atoms with Crippen molar-refractivity contribution in [3.05, 3.63) is 59.8 Å². The Labute approximate surface area is 175 Å². The molecule has 1 aliphatic rings. The third-order valence-electron chi connectivity index (χ3n) is 5.37. The Hall–Kier alpha value is -3.28. The smallest absolute Gasteiger partial charge is 0.240 e. The molecule has 4 rings (SSSR count). The average molecular weight is 406 g/mol. The lowest BCUT2D eigenvalue weighted by Gasteiger charge is -2.24. The molecule has 0 aliphatic carbocycles. The predicted molar refractivity (Wildman–Crippen MR) is 115 cm³/mol. The quantitative estimate of drug-likeness (QED) is 0.625. The van der Waals surface area contributed by atoms with Crippen LogP contribution in [-0.4, -0.2) is 30.0 Å². The normalized spacial score (nSPS) is 14.4. The number of hydrogen-bond donors (Lipinski definition) is 1. The zero-order chi connectivity index (χ0) is 21.1. The first kappa shape index (κ1) is 20.0. The highest BCUT2D eigenvalue weighted by molar-refractivity contribution is 5.98. The summed E-state index contributed by atoms with van der Waals surface area (Å²) in [5.41, 5.74) is 2.43. The van der Waals surface area contributed by atoms with Gasteiger partial charge in [-0.2, -0.15) is 0 Å². The summed E-state index contributed by atoms with van der Waals surface area (Å²) < 4.78 is 13.3. The highest BCUT2D eigenvalue weighted by Gasteiger charge is 2.22. The first-order valence-corrected chi connectivity index (χ1v) is 10.3. The van der Waals surface area contributed by atoms with Crippen molar-refractivity contribution in [3.63, 3.8) is 0 Å². The van der Waals surface area contributed by atoms with Crippen molar-refractivity contribution in [1.82, 2.24) is 9.88 Å². The molecule has 156 valence electrons.